The molecule has 0 unspecified atom stereocenters. The van der Waals surface area contributed by atoms with Gasteiger partial charge in [0.15, 0.2) is 16.2 Å². The highest BCUT2D eigenvalue weighted by atomic mass is 79.9. The fraction of sp³-hybridized carbons (Fsp3) is 0.267. The van der Waals surface area contributed by atoms with Gasteiger partial charge in [0, 0.05) is 12.1 Å². The number of halogens is 2. The normalized spacial score (nSPS) is 9.61. The number of hydrogen-bond donors (Lipinski definition) is 2. The van der Waals surface area contributed by atoms with Gasteiger partial charge in [-0.25, -0.2) is 4.98 Å². The quantitative estimate of drug-likeness (QED) is 0.755. The van der Waals surface area contributed by atoms with Crippen LogP contribution >= 0.6 is 27.5 Å². The summed E-state index contributed by atoms with van der Waals surface area (Å²) in [4.78, 5) is 26.8. The van der Waals surface area contributed by atoms with Crippen molar-refractivity contribution >= 4 is 45.7 Å². The van der Waals surface area contributed by atoms with E-state index in [4.69, 9.17) is 11.6 Å². The Morgan fingerprint density at radius 2 is 1.96 bits per heavy atom. The van der Waals surface area contributed by atoms with Crippen molar-refractivity contribution in [3.05, 3.63) is 45.3 Å². The Labute approximate surface area is 148 Å². The van der Waals surface area contributed by atoms with Crippen LogP contribution in [-0.4, -0.2) is 28.9 Å². The van der Waals surface area contributed by atoms with Gasteiger partial charge in [0.2, 0.25) is 6.41 Å². The van der Waals surface area contributed by atoms with Crippen LogP contribution in [0, 0.1) is 0 Å². The van der Waals surface area contributed by atoms with Gasteiger partial charge in [-0.1, -0.05) is 37.6 Å². The molecular formula is C15H18BrClN4O2. The summed E-state index contributed by atoms with van der Waals surface area (Å²) in [6.07, 6.45) is 0.480. The fourth-order valence-electron chi connectivity index (χ4n) is 1.85. The number of aromatic nitrogens is 2. The summed E-state index contributed by atoms with van der Waals surface area (Å²) in [5, 5.41) is 5.59. The highest BCUT2D eigenvalue weighted by molar-refractivity contribution is 9.10. The molecular weight excluding hydrogens is 384 g/mol. The number of nitrogens with one attached hydrogen (secondary N) is 2. The summed E-state index contributed by atoms with van der Waals surface area (Å²) >= 11 is 9.15. The van der Waals surface area contributed by atoms with Gasteiger partial charge in [0.05, 0.1) is 6.54 Å². The molecule has 6 nitrogen and oxygen atoms in total. The molecule has 0 saturated heterocycles. The summed E-state index contributed by atoms with van der Waals surface area (Å²) in [6.45, 7) is 4.41. The second-order valence-electron chi connectivity index (χ2n) is 4.13. The molecule has 0 bridgehead atoms. The molecule has 124 valence electrons. The molecule has 23 heavy (non-hydrogen) atoms. The van der Waals surface area contributed by atoms with E-state index in [0.29, 0.717) is 22.7 Å². The van der Waals surface area contributed by atoms with E-state index in [1.807, 2.05) is 26.0 Å². The summed E-state index contributed by atoms with van der Waals surface area (Å²) < 4.78 is 2.11. The van der Waals surface area contributed by atoms with E-state index >= 15 is 0 Å². The van der Waals surface area contributed by atoms with Gasteiger partial charge in [-0.3, -0.25) is 9.59 Å². The Morgan fingerprint density at radius 3 is 2.48 bits per heavy atom. The zero-order chi connectivity index (χ0) is 17.4. The lowest BCUT2D eigenvalue weighted by Gasteiger charge is -2.09. The van der Waals surface area contributed by atoms with Crippen molar-refractivity contribution < 1.29 is 9.59 Å². The predicted octanol–water partition coefficient (Wildman–Crippen LogP) is 3.30. The maximum atomic E-state index is 12.0. The van der Waals surface area contributed by atoms with Gasteiger partial charge in [0.25, 0.3) is 5.91 Å². The zero-order valence-corrected chi connectivity index (χ0v) is 15.4. The predicted molar refractivity (Wildman–Crippen MR) is 94.9 cm³/mol. The van der Waals surface area contributed by atoms with Crippen LogP contribution in [-0.2, 0) is 11.3 Å². The van der Waals surface area contributed by atoms with Gasteiger partial charge in [-0.2, -0.15) is 0 Å². The number of amides is 2. The zero-order valence-electron chi connectivity index (χ0n) is 13.1. The molecule has 0 spiro atoms. The van der Waals surface area contributed by atoms with Gasteiger partial charge >= 0.3 is 0 Å². The van der Waals surface area contributed by atoms with E-state index in [0.717, 1.165) is 5.56 Å². The van der Waals surface area contributed by atoms with E-state index in [2.05, 4.69) is 31.5 Å². The van der Waals surface area contributed by atoms with E-state index in [1.54, 1.807) is 16.7 Å². The number of anilines is 1. The van der Waals surface area contributed by atoms with Crippen LogP contribution < -0.4 is 10.6 Å². The van der Waals surface area contributed by atoms with Crippen molar-refractivity contribution in [3.63, 3.8) is 0 Å². The Bertz CT molecular complexity index is 671. The minimum atomic E-state index is -0.341. The molecule has 1 aromatic heterocycles. The maximum Gasteiger partial charge on any atom is 0.271 e. The summed E-state index contributed by atoms with van der Waals surface area (Å²) in [6, 6.07) is 7.25. The van der Waals surface area contributed by atoms with Crippen molar-refractivity contribution in [3.8, 4) is 0 Å². The van der Waals surface area contributed by atoms with E-state index in [-0.39, 0.29) is 17.4 Å². The van der Waals surface area contributed by atoms with E-state index in [9.17, 15) is 9.59 Å². The standard InChI is InChI=1S/C13H12BrClN4O2.C2H6/c1-16-12(21)10-11(17-7-20)18-13(14)19(10)6-8-2-4-9(15)5-3-8;1-2/h2-5,7H,6H2,1H3,(H,16,21)(H,17,20);1-2H3. The minimum Gasteiger partial charge on any atom is -0.354 e. The molecule has 2 amide bonds. The Balaban J connectivity index is 0.00000127. The largest absolute Gasteiger partial charge is 0.354 e. The molecule has 0 aliphatic rings. The van der Waals surface area contributed by atoms with Crippen molar-refractivity contribution in [2.75, 3.05) is 12.4 Å². The Morgan fingerprint density at radius 1 is 1.35 bits per heavy atom. The smallest absolute Gasteiger partial charge is 0.271 e. The van der Waals surface area contributed by atoms with Crippen LogP contribution in [0.5, 0.6) is 0 Å². The van der Waals surface area contributed by atoms with Gasteiger partial charge in [-0.15, -0.1) is 0 Å². The van der Waals surface area contributed by atoms with E-state index < -0.39 is 0 Å². The third-order valence-corrected chi connectivity index (χ3v) is 3.67. The SMILES string of the molecule is CC.CNC(=O)c1c(NC=O)nc(Br)n1Cc1ccc(Cl)cc1. The Hall–Kier alpha value is -1.86. The number of carbonyl (C=O) groups is 2. The van der Waals surface area contributed by atoms with Crippen molar-refractivity contribution in [1.29, 1.82) is 0 Å². The summed E-state index contributed by atoms with van der Waals surface area (Å²) in [7, 11) is 1.51. The lowest BCUT2D eigenvalue weighted by Crippen LogP contribution is -2.23. The highest BCUT2D eigenvalue weighted by Crippen LogP contribution is 2.23. The van der Waals surface area contributed by atoms with Crippen LogP contribution in [0.4, 0.5) is 5.82 Å². The van der Waals surface area contributed by atoms with Crippen LogP contribution in [0.15, 0.2) is 29.0 Å². The molecule has 1 aromatic carbocycles. The monoisotopic (exact) mass is 400 g/mol. The second kappa shape index (κ2) is 9.32. The molecule has 0 atom stereocenters. The van der Waals surface area contributed by atoms with Crippen LogP contribution in [0.1, 0.15) is 29.9 Å². The average Bonchev–Trinajstić information content (AvgIpc) is 2.87. The second-order valence-corrected chi connectivity index (χ2v) is 5.28. The molecule has 2 rings (SSSR count). The van der Waals surface area contributed by atoms with Crippen LogP contribution in [0.25, 0.3) is 0 Å². The summed E-state index contributed by atoms with van der Waals surface area (Å²) in [5.41, 5.74) is 1.21. The Kier molecular flexibility index (Phi) is 7.77. The maximum absolute atomic E-state index is 12.0. The first-order valence-corrected chi connectivity index (χ1v) is 8.16. The van der Waals surface area contributed by atoms with Gasteiger partial charge in [-0.05, 0) is 33.6 Å². The van der Waals surface area contributed by atoms with Crippen molar-refractivity contribution in [2.24, 2.45) is 0 Å². The summed E-state index contributed by atoms with van der Waals surface area (Å²) in [5.74, 6) is -0.142. The minimum absolute atomic E-state index is 0.199. The molecule has 2 N–H and O–H groups in total. The molecule has 8 heteroatoms. The number of benzene rings is 1. The first-order valence-electron chi connectivity index (χ1n) is 6.99. The van der Waals surface area contributed by atoms with Crippen LogP contribution in [0.3, 0.4) is 0 Å². The number of hydrogen-bond acceptors (Lipinski definition) is 3. The average molecular weight is 402 g/mol. The number of carbonyl (C=O) groups excluding carboxylic acids is 2. The first kappa shape index (κ1) is 19.2. The molecule has 0 saturated carbocycles. The molecule has 0 fully saturated rings. The molecule has 2 aromatic rings. The third-order valence-electron chi connectivity index (χ3n) is 2.81. The third kappa shape index (κ3) is 4.80. The number of nitrogens with zero attached hydrogens (tertiary/aromatic N) is 2. The fourth-order valence-corrected chi connectivity index (χ4v) is 2.45. The lowest BCUT2D eigenvalue weighted by atomic mass is 10.2. The van der Waals surface area contributed by atoms with Gasteiger partial charge in [0.1, 0.15) is 0 Å². The van der Waals surface area contributed by atoms with Crippen LogP contribution in [0.2, 0.25) is 5.02 Å². The topological polar surface area (TPSA) is 76.0 Å². The molecule has 0 aliphatic carbocycles. The van der Waals surface area contributed by atoms with Crippen molar-refractivity contribution in [1.82, 2.24) is 14.9 Å². The van der Waals surface area contributed by atoms with E-state index in [1.165, 1.54) is 7.05 Å². The highest BCUT2D eigenvalue weighted by Gasteiger charge is 2.21. The first-order chi connectivity index (χ1) is 11.1. The molecule has 1 heterocycles. The lowest BCUT2D eigenvalue weighted by molar-refractivity contribution is -0.105. The molecule has 0 aliphatic heterocycles. The molecule has 0 radical (unpaired) electrons. The van der Waals surface area contributed by atoms with Crippen molar-refractivity contribution in [2.45, 2.75) is 20.4 Å². The van der Waals surface area contributed by atoms with Gasteiger partial charge < -0.3 is 15.2 Å². The number of imidazole rings is 1. The number of rotatable bonds is 5.